The van der Waals surface area contributed by atoms with Gasteiger partial charge in [-0.2, -0.15) is 4.31 Å². The van der Waals surface area contributed by atoms with E-state index in [1.165, 1.54) is 17.6 Å². The topological polar surface area (TPSA) is 92.4 Å². The van der Waals surface area contributed by atoms with Crippen LogP contribution in [0, 0.1) is 0 Å². The van der Waals surface area contributed by atoms with Gasteiger partial charge in [-0.1, -0.05) is 6.92 Å². The quantitative estimate of drug-likeness (QED) is 0.804. The fourth-order valence-corrected chi connectivity index (χ4v) is 3.76. The molecular weight excluding hydrogens is 270 g/mol. The van der Waals surface area contributed by atoms with E-state index in [0.717, 1.165) is 0 Å². The highest BCUT2D eigenvalue weighted by Crippen LogP contribution is 2.25. The lowest BCUT2D eigenvalue weighted by molar-refractivity contribution is -0.144. The van der Waals surface area contributed by atoms with Crippen molar-refractivity contribution in [1.29, 1.82) is 0 Å². The van der Waals surface area contributed by atoms with Gasteiger partial charge in [0.1, 0.15) is 11.9 Å². The van der Waals surface area contributed by atoms with Crippen molar-refractivity contribution in [3.8, 4) is 0 Å². The molecular formula is C11H17N3O4S. The molecule has 2 rings (SSSR count). The number of hydrogen-bond acceptors (Lipinski definition) is 5. The summed E-state index contributed by atoms with van der Waals surface area (Å²) in [6.07, 6.45) is 3.05. The molecule has 1 unspecified atom stereocenters. The Morgan fingerprint density at radius 1 is 1.63 bits per heavy atom. The van der Waals surface area contributed by atoms with Gasteiger partial charge < -0.3 is 9.72 Å². The van der Waals surface area contributed by atoms with Gasteiger partial charge >= 0.3 is 5.97 Å². The van der Waals surface area contributed by atoms with Crippen molar-refractivity contribution in [3.63, 3.8) is 0 Å². The van der Waals surface area contributed by atoms with Crippen molar-refractivity contribution in [1.82, 2.24) is 14.3 Å². The highest BCUT2D eigenvalue weighted by atomic mass is 32.2. The standard InChI is InChI=1S/C11H17N3O4S/c1-3-9-12-7-10(13-9)19(16,17)14-6-4-5-8(14)11(15)18-2/h7-8H,3-6H2,1-2H3,(H,12,13). The number of rotatable bonds is 4. The van der Waals surface area contributed by atoms with Crippen molar-refractivity contribution in [3.05, 3.63) is 12.0 Å². The number of nitrogens with one attached hydrogen (secondary N) is 1. The maximum absolute atomic E-state index is 12.4. The lowest BCUT2D eigenvalue weighted by atomic mass is 10.2. The second-order valence-electron chi connectivity index (χ2n) is 4.34. The number of methoxy groups -OCH3 is 1. The van der Waals surface area contributed by atoms with Crippen molar-refractivity contribution in [2.75, 3.05) is 13.7 Å². The molecule has 1 aromatic rings. The summed E-state index contributed by atoms with van der Waals surface area (Å²) in [5.74, 6) is 0.0868. The van der Waals surface area contributed by atoms with Crippen LogP contribution in [-0.2, 0) is 26.0 Å². The first kappa shape index (κ1) is 14.0. The molecule has 0 radical (unpaired) electrons. The van der Waals surface area contributed by atoms with Gasteiger partial charge in [0.05, 0.1) is 13.3 Å². The van der Waals surface area contributed by atoms with Gasteiger partial charge in [0.15, 0.2) is 5.03 Å². The van der Waals surface area contributed by atoms with Crippen LogP contribution in [-0.4, -0.2) is 48.4 Å². The van der Waals surface area contributed by atoms with Crippen molar-refractivity contribution in [2.24, 2.45) is 0 Å². The summed E-state index contributed by atoms with van der Waals surface area (Å²) < 4.78 is 30.7. The number of imidazole rings is 1. The van der Waals surface area contributed by atoms with Crippen LogP contribution in [0.25, 0.3) is 0 Å². The van der Waals surface area contributed by atoms with Gasteiger partial charge in [0.2, 0.25) is 0 Å². The Balaban J connectivity index is 2.30. The van der Waals surface area contributed by atoms with E-state index in [-0.39, 0.29) is 5.03 Å². The number of carbonyl (C=O) groups is 1. The minimum Gasteiger partial charge on any atom is -0.468 e. The van der Waals surface area contributed by atoms with Crippen LogP contribution in [0.1, 0.15) is 25.6 Å². The van der Waals surface area contributed by atoms with Gasteiger partial charge in [0, 0.05) is 13.0 Å². The van der Waals surface area contributed by atoms with Crippen LogP contribution in [0.2, 0.25) is 0 Å². The first-order valence-corrected chi connectivity index (χ1v) is 7.58. The van der Waals surface area contributed by atoms with E-state index in [9.17, 15) is 13.2 Å². The Hall–Kier alpha value is -1.41. The molecule has 0 saturated carbocycles. The second-order valence-corrected chi connectivity index (χ2v) is 6.20. The molecule has 0 aromatic carbocycles. The Morgan fingerprint density at radius 3 is 2.95 bits per heavy atom. The number of aromatic amines is 1. The van der Waals surface area contributed by atoms with Crippen LogP contribution < -0.4 is 0 Å². The van der Waals surface area contributed by atoms with E-state index in [0.29, 0.717) is 31.6 Å². The molecule has 1 aliphatic rings. The summed E-state index contributed by atoms with van der Waals surface area (Å²) in [6, 6.07) is -0.733. The fraction of sp³-hybridized carbons (Fsp3) is 0.636. The van der Waals surface area contributed by atoms with Gasteiger partial charge in [-0.15, -0.1) is 0 Å². The number of carbonyl (C=O) groups excluding carboxylic acids is 1. The number of esters is 1. The molecule has 106 valence electrons. The largest absolute Gasteiger partial charge is 0.468 e. The lowest BCUT2D eigenvalue weighted by Gasteiger charge is -2.20. The van der Waals surface area contributed by atoms with Gasteiger partial charge in [-0.05, 0) is 12.8 Å². The van der Waals surface area contributed by atoms with Crippen LogP contribution in [0.4, 0.5) is 0 Å². The number of aryl methyl sites for hydroxylation is 1. The summed E-state index contributed by atoms with van der Waals surface area (Å²) >= 11 is 0. The normalized spacial score (nSPS) is 20.6. The number of sulfonamides is 1. The predicted molar refractivity (Wildman–Crippen MR) is 66.9 cm³/mol. The smallest absolute Gasteiger partial charge is 0.324 e. The fourth-order valence-electron chi connectivity index (χ4n) is 2.18. The Bertz CT molecular complexity index is 566. The first-order valence-electron chi connectivity index (χ1n) is 6.14. The molecule has 2 heterocycles. The molecule has 1 fully saturated rings. The van der Waals surface area contributed by atoms with Crippen molar-refractivity contribution in [2.45, 2.75) is 37.3 Å². The molecule has 1 aliphatic heterocycles. The third-order valence-electron chi connectivity index (χ3n) is 3.20. The number of H-pyrrole nitrogens is 1. The van der Waals surface area contributed by atoms with Gasteiger partial charge in [-0.3, -0.25) is 4.79 Å². The molecule has 0 amide bonds. The monoisotopic (exact) mass is 287 g/mol. The molecule has 0 spiro atoms. The van der Waals surface area contributed by atoms with E-state index in [1.54, 1.807) is 0 Å². The number of nitrogens with zero attached hydrogens (tertiary/aromatic N) is 2. The van der Waals surface area contributed by atoms with Crippen LogP contribution in [0.5, 0.6) is 0 Å². The second kappa shape index (κ2) is 5.30. The Morgan fingerprint density at radius 2 is 2.37 bits per heavy atom. The zero-order valence-corrected chi connectivity index (χ0v) is 11.7. The summed E-state index contributed by atoms with van der Waals surface area (Å²) in [7, 11) is -2.46. The number of ether oxygens (including phenoxy) is 1. The van der Waals surface area contributed by atoms with E-state index >= 15 is 0 Å². The molecule has 19 heavy (non-hydrogen) atoms. The maximum Gasteiger partial charge on any atom is 0.324 e. The minimum absolute atomic E-state index is 0.0279. The SMILES string of the molecule is CCc1ncc(S(=O)(=O)N2CCCC2C(=O)OC)[nH]1. The third-order valence-corrected chi connectivity index (χ3v) is 5.02. The average Bonchev–Trinajstić information content (AvgIpc) is 3.06. The predicted octanol–water partition coefficient (Wildman–Crippen LogP) is 0.298. The Labute approximate surface area is 112 Å². The van der Waals surface area contributed by atoms with Gasteiger partial charge in [-0.25, -0.2) is 13.4 Å². The molecule has 1 saturated heterocycles. The van der Waals surface area contributed by atoms with Gasteiger partial charge in [0.25, 0.3) is 10.0 Å². The summed E-state index contributed by atoms with van der Waals surface area (Å²) in [4.78, 5) is 18.4. The molecule has 1 atom stereocenters. The highest BCUT2D eigenvalue weighted by molar-refractivity contribution is 7.89. The molecule has 0 bridgehead atoms. The maximum atomic E-state index is 12.4. The van der Waals surface area contributed by atoms with E-state index in [2.05, 4.69) is 14.7 Å². The van der Waals surface area contributed by atoms with Crippen molar-refractivity contribution >= 4 is 16.0 Å². The molecule has 1 N–H and O–H groups in total. The Kier molecular flexibility index (Phi) is 3.91. The highest BCUT2D eigenvalue weighted by Gasteiger charge is 2.40. The lowest BCUT2D eigenvalue weighted by Crippen LogP contribution is -2.41. The van der Waals surface area contributed by atoms with Crippen LogP contribution >= 0.6 is 0 Å². The van der Waals surface area contributed by atoms with E-state index in [1.807, 2.05) is 6.92 Å². The molecule has 1 aromatic heterocycles. The summed E-state index contributed by atoms with van der Waals surface area (Å²) in [5, 5.41) is 0.0279. The van der Waals surface area contributed by atoms with E-state index in [4.69, 9.17) is 0 Å². The third kappa shape index (κ3) is 2.50. The zero-order chi connectivity index (χ0) is 14.0. The molecule has 8 heteroatoms. The number of hydrogen-bond donors (Lipinski definition) is 1. The first-order chi connectivity index (χ1) is 9.00. The minimum atomic E-state index is -3.72. The summed E-state index contributed by atoms with van der Waals surface area (Å²) in [5.41, 5.74) is 0. The van der Waals surface area contributed by atoms with Crippen molar-refractivity contribution < 1.29 is 17.9 Å². The molecule has 7 nitrogen and oxygen atoms in total. The molecule has 0 aliphatic carbocycles. The average molecular weight is 287 g/mol. The summed E-state index contributed by atoms with van der Waals surface area (Å²) in [6.45, 7) is 2.20. The zero-order valence-electron chi connectivity index (χ0n) is 10.9. The van der Waals surface area contributed by atoms with E-state index < -0.39 is 22.0 Å². The van der Waals surface area contributed by atoms with Crippen LogP contribution in [0.3, 0.4) is 0 Å². The number of aromatic nitrogens is 2. The van der Waals surface area contributed by atoms with Crippen LogP contribution in [0.15, 0.2) is 11.2 Å².